The van der Waals surface area contributed by atoms with Crippen LogP contribution in [0.1, 0.15) is 36.6 Å². The second-order valence-corrected chi connectivity index (χ2v) is 7.57. The molecule has 0 aliphatic heterocycles. The Morgan fingerprint density at radius 3 is 1.40 bits per heavy atom. The van der Waals surface area contributed by atoms with Gasteiger partial charge in [-0.3, -0.25) is 0 Å². The maximum atomic E-state index is 12.3. The summed E-state index contributed by atoms with van der Waals surface area (Å²) in [4.78, 5) is 36.5. The lowest BCUT2D eigenvalue weighted by atomic mass is 10.1. The van der Waals surface area contributed by atoms with Gasteiger partial charge >= 0.3 is 17.9 Å². The lowest BCUT2D eigenvalue weighted by molar-refractivity contribution is 0.0508. The lowest BCUT2D eigenvalue weighted by Crippen LogP contribution is -2.10. The molecule has 0 N–H and O–H groups in total. The Labute approximate surface area is 202 Å². The van der Waals surface area contributed by atoms with Gasteiger partial charge in [0.1, 0.15) is 11.5 Å². The van der Waals surface area contributed by atoms with Gasteiger partial charge in [0.25, 0.3) is 0 Å². The normalized spacial score (nSPS) is 10.3. The smallest absolute Gasteiger partial charge is 0.343 e. The van der Waals surface area contributed by atoms with Crippen LogP contribution in [0.15, 0.2) is 109 Å². The van der Waals surface area contributed by atoms with Crippen LogP contribution in [-0.4, -0.2) is 24.5 Å². The molecule has 0 fully saturated rings. The van der Waals surface area contributed by atoms with Crippen molar-refractivity contribution in [2.75, 3.05) is 6.61 Å². The second-order valence-electron chi connectivity index (χ2n) is 7.57. The molecule has 4 aromatic carbocycles. The van der Waals surface area contributed by atoms with Crippen LogP contribution in [0.3, 0.4) is 0 Å². The highest BCUT2D eigenvalue weighted by molar-refractivity contribution is 5.92. The molecule has 0 saturated heterocycles. The van der Waals surface area contributed by atoms with Crippen molar-refractivity contribution in [3.63, 3.8) is 0 Å². The third-order valence-corrected chi connectivity index (χ3v) is 5.08. The van der Waals surface area contributed by atoms with Crippen LogP contribution in [0.2, 0.25) is 0 Å². The van der Waals surface area contributed by atoms with E-state index >= 15 is 0 Å². The average Bonchev–Trinajstić information content (AvgIpc) is 2.91. The van der Waals surface area contributed by atoms with Crippen LogP contribution < -0.4 is 9.47 Å². The third kappa shape index (κ3) is 6.65. The van der Waals surface area contributed by atoms with Crippen molar-refractivity contribution in [3.8, 4) is 11.5 Å². The molecule has 0 spiro atoms. The SMILES string of the molecule is O=C(OCCc1ccc(OC(=O)c2ccccc2)cc1)c1ccc(OC(=O)c2ccccc2)cc1. The van der Waals surface area contributed by atoms with Crippen LogP contribution in [0.4, 0.5) is 0 Å². The Morgan fingerprint density at radius 1 is 0.486 bits per heavy atom. The zero-order chi connectivity index (χ0) is 24.5. The summed E-state index contributed by atoms with van der Waals surface area (Å²) in [5.41, 5.74) is 2.21. The Balaban J connectivity index is 1.23. The molecular formula is C29H22O6. The fraction of sp³-hybridized carbons (Fsp3) is 0.0690. The van der Waals surface area contributed by atoms with Gasteiger partial charge in [-0.1, -0.05) is 48.5 Å². The number of rotatable bonds is 8. The number of carbonyl (C=O) groups is 3. The van der Waals surface area contributed by atoms with Gasteiger partial charge in [-0.15, -0.1) is 0 Å². The molecule has 4 aromatic rings. The molecule has 0 amide bonds. The van der Waals surface area contributed by atoms with Gasteiger partial charge in [0, 0.05) is 6.42 Å². The maximum absolute atomic E-state index is 12.3. The molecule has 174 valence electrons. The Morgan fingerprint density at radius 2 is 0.914 bits per heavy atom. The van der Waals surface area contributed by atoms with Crippen LogP contribution in [0.25, 0.3) is 0 Å². The topological polar surface area (TPSA) is 78.9 Å². The van der Waals surface area contributed by atoms with Crippen molar-refractivity contribution >= 4 is 17.9 Å². The zero-order valence-electron chi connectivity index (χ0n) is 18.8. The van der Waals surface area contributed by atoms with E-state index in [1.807, 2.05) is 24.3 Å². The number of hydrogen-bond acceptors (Lipinski definition) is 6. The van der Waals surface area contributed by atoms with Crippen LogP contribution >= 0.6 is 0 Å². The summed E-state index contributed by atoms with van der Waals surface area (Å²) in [5, 5.41) is 0. The van der Waals surface area contributed by atoms with Gasteiger partial charge in [0.15, 0.2) is 0 Å². The van der Waals surface area contributed by atoms with E-state index in [1.165, 1.54) is 0 Å². The minimum atomic E-state index is -0.473. The van der Waals surface area contributed by atoms with Crippen LogP contribution in [0, 0.1) is 0 Å². The van der Waals surface area contributed by atoms with Crippen LogP contribution in [0.5, 0.6) is 11.5 Å². The molecule has 6 nitrogen and oxygen atoms in total. The third-order valence-electron chi connectivity index (χ3n) is 5.08. The van der Waals surface area contributed by atoms with Gasteiger partial charge in [0.05, 0.1) is 23.3 Å². The van der Waals surface area contributed by atoms with Gasteiger partial charge < -0.3 is 14.2 Å². The summed E-state index contributed by atoms with van der Waals surface area (Å²) < 4.78 is 16.0. The standard InChI is InChI=1S/C29H22O6/c30-27(24-13-17-26(18-14-24)35-29(32)23-9-5-2-6-10-23)33-20-19-21-11-15-25(16-12-21)34-28(31)22-7-3-1-4-8-22/h1-18H,19-20H2. The highest BCUT2D eigenvalue weighted by atomic mass is 16.5. The van der Waals surface area contributed by atoms with Gasteiger partial charge in [-0.05, 0) is 66.2 Å². The minimum absolute atomic E-state index is 0.187. The van der Waals surface area contributed by atoms with E-state index < -0.39 is 17.9 Å². The van der Waals surface area contributed by atoms with Crippen molar-refractivity contribution in [2.45, 2.75) is 6.42 Å². The monoisotopic (exact) mass is 466 g/mol. The molecule has 0 saturated carbocycles. The lowest BCUT2D eigenvalue weighted by Gasteiger charge is -2.08. The molecule has 0 aromatic heterocycles. The van der Waals surface area contributed by atoms with Crippen molar-refractivity contribution < 1.29 is 28.6 Å². The highest BCUT2D eigenvalue weighted by Gasteiger charge is 2.11. The highest BCUT2D eigenvalue weighted by Crippen LogP contribution is 2.17. The predicted octanol–water partition coefficient (Wildman–Crippen LogP) is 5.52. The molecular weight excluding hydrogens is 444 g/mol. The summed E-state index contributed by atoms with van der Waals surface area (Å²) in [6, 6.07) is 30.6. The molecule has 0 atom stereocenters. The molecule has 35 heavy (non-hydrogen) atoms. The first-order chi connectivity index (χ1) is 17.1. The number of esters is 3. The molecule has 0 aliphatic rings. The molecule has 0 aliphatic carbocycles. The van der Waals surface area contributed by atoms with Gasteiger partial charge in [-0.2, -0.15) is 0 Å². The van der Waals surface area contributed by atoms with E-state index in [4.69, 9.17) is 14.2 Å². The first-order valence-electron chi connectivity index (χ1n) is 11.0. The van der Waals surface area contributed by atoms with Gasteiger partial charge in [-0.25, -0.2) is 14.4 Å². The predicted molar refractivity (Wildman–Crippen MR) is 130 cm³/mol. The Kier molecular flexibility index (Phi) is 7.66. The van der Waals surface area contributed by atoms with Gasteiger partial charge in [0.2, 0.25) is 0 Å². The zero-order valence-corrected chi connectivity index (χ0v) is 18.8. The van der Waals surface area contributed by atoms with Crippen molar-refractivity contribution in [1.29, 1.82) is 0 Å². The van der Waals surface area contributed by atoms with Crippen LogP contribution in [-0.2, 0) is 11.2 Å². The summed E-state index contributed by atoms with van der Waals surface area (Å²) >= 11 is 0. The van der Waals surface area contributed by atoms with Crippen molar-refractivity contribution in [1.82, 2.24) is 0 Å². The Bertz CT molecular complexity index is 1280. The number of hydrogen-bond donors (Lipinski definition) is 0. The summed E-state index contributed by atoms with van der Waals surface area (Å²) in [6.45, 7) is 0.187. The van der Waals surface area contributed by atoms with E-state index in [0.29, 0.717) is 34.6 Å². The summed E-state index contributed by atoms with van der Waals surface area (Å²) in [6.07, 6.45) is 0.505. The molecule has 6 heteroatoms. The molecule has 0 radical (unpaired) electrons. The number of ether oxygens (including phenoxy) is 3. The largest absolute Gasteiger partial charge is 0.462 e. The average molecular weight is 466 g/mol. The quantitative estimate of drug-likeness (QED) is 0.251. The molecule has 0 bridgehead atoms. The van der Waals surface area contributed by atoms with Crippen molar-refractivity contribution in [3.05, 3.63) is 131 Å². The van der Waals surface area contributed by atoms with E-state index in [1.54, 1.807) is 84.9 Å². The first-order valence-corrected chi connectivity index (χ1v) is 11.0. The summed E-state index contributed by atoms with van der Waals surface area (Å²) in [7, 11) is 0. The van der Waals surface area contributed by atoms with E-state index in [9.17, 15) is 14.4 Å². The fourth-order valence-electron chi connectivity index (χ4n) is 3.21. The number of benzene rings is 4. The fourth-order valence-corrected chi connectivity index (χ4v) is 3.21. The molecule has 0 heterocycles. The van der Waals surface area contributed by atoms with E-state index in [0.717, 1.165) is 5.56 Å². The first kappa shape index (κ1) is 23.4. The van der Waals surface area contributed by atoms with Crippen molar-refractivity contribution in [2.24, 2.45) is 0 Å². The minimum Gasteiger partial charge on any atom is -0.462 e. The molecule has 0 unspecified atom stereocenters. The Hall–Kier alpha value is -4.71. The van der Waals surface area contributed by atoms with E-state index in [-0.39, 0.29) is 6.61 Å². The molecule has 4 rings (SSSR count). The maximum Gasteiger partial charge on any atom is 0.343 e. The van der Waals surface area contributed by atoms with E-state index in [2.05, 4.69) is 0 Å². The summed E-state index contributed by atoms with van der Waals surface area (Å²) in [5.74, 6) is -0.592. The number of carbonyl (C=O) groups excluding carboxylic acids is 3. The second kappa shape index (κ2) is 11.4.